The zero-order valence-electron chi connectivity index (χ0n) is 17.9. The number of likely N-dealkylation sites (N-methyl/N-ethyl adjacent to an activating group) is 1. The summed E-state index contributed by atoms with van der Waals surface area (Å²) in [4.78, 5) is 19.0. The Hall–Kier alpha value is -3.67. The van der Waals surface area contributed by atoms with E-state index >= 15 is 0 Å². The molecule has 1 aromatic heterocycles. The van der Waals surface area contributed by atoms with Gasteiger partial charge in [-0.2, -0.15) is 4.98 Å². The first-order valence-corrected chi connectivity index (χ1v) is 10.3. The number of rotatable bonds is 7. The average molecular weight is 415 g/mol. The molecule has 0 fully saturated rings. The molecule has 0 saturated heterocycles. The van der Waals surface area contributed by atoms with Crippen LogP contribution >= 0.6 is 0 Å². The zero-order chi connectivity index (χ0) is 21.8. The maximum absolute atomic E-state index is 13.0. The molecule has 1 amide bonds. The van der Waals surface area contributed by atoms with Crippen molar-refractivity contribution in [3.8, 4) is 17.1 Å². The molecule has 3 aromatic carbocycles. The molecule has 1 atom stereocenters. The van der Waals surface area contributed by atoms with E-state index < -0.39 is 6.10 Å². The van der Waals surface area contributed by atoms with Crippen molar-refractivity contribution in [2.75, 3.05) is 7.05 Å². The number of nitrogens with zero attached hydrogens (tertiary/aromatic N) is 3. The topological polar surface area (TPSA) is 68.5 Å². The number of hydrogen-bond acceptors (Lipinski definition) is 5. The van der Waals surface area contributed by atoms with Gasteiger partial charge >= 0.3 is 0 Å². The lowest BCUT2D eigenvalue weighted by atomic mass is 10.1. The van der Waals surface area contributed by atoms with Gasteiger partial charge in [-0.1, -0.05) is 72.2 Å². The molecule has 0 bridgehead atoms. The molecule has 0 aliphatic carbocycles. The monoisotopic (exact) mass is 415 g/mol. The third-order valence-corrected chi connectivity index (χ3v) is 5.17. The summed E-state index contributed by atoms with van der Waals surface area (Å²) in [7, 11) is 1.71. The van der Waals surface area contributed by atoms with Gasteiger partial charge in [0.2, 0.25) is 11.7 Å². The Morgan fingerprint density at radius 3 is 2.55 bits per heavy atom. The van der Waals surface area contributed by atoms with Crippen LogP contribution in [-0.4, -0.2) is 34.1 Å². The standard InChI is InChI=1S/C25H25N3O3/c1-4-22(30-21-14-13-18-7-5-6-8-20(18)15-21)25(29)28(3)16-23-26-24(27-31-23)19-11-9-17(2)10-12-19/h5-15,22H,4,16H2,1-3H3/t22-/m0/s1. The number of aryl methyl sites for hydroxylation is 1. The molecule has 0 unspecified atom stereocenters. The van der Waals surface area contributed by atoms with E-state index in [-0.39, 0.29) is 12.5 Å². The van der Waals surface area contributed by atoms with E-state index in [4.69, 9.17) is 9.26 Å². The SMILES string of the molecule is CC[C@H](Oc1ccc2ccccc2c1)C(=O)N(C)Cc1nc(-c2ccc(C)cc2)no1. The predicted molar refractivity (Wildman–Crippen MR) is 120 cm³/mol. The Labute approximate surface area is 181 Å². The van der Waals surface area contributed by atoms with Crippen LogP contribution in [0, 0.1) is 6.92 Å². The molecule has 31 heavy (non-hydrogen) atoms. The van der Waals surface area contributed by atoms with Crippen molar-refractivity contribution in [1.29, 1.82) is 0 Å². The van der Waals surface area contributed by atoms with Gasteiger partial charge in [0.25, 0.3) is 5.91 Å². The summed E-state index contributed by atoms with van der Waals surface area (Å²) in [5.74, 6) is 1.43. The van der Waals surface area contributed by atoms with Crippen LogP contribution in [0.5, 0.6) is 5.75 Å². The molecule has 0 saturated carbocycles. The van der Waals surface area contributed by atoms with Crippen molar-refractivity contribution in [3.05, 3.63) is 78.2 Å². The van der Waals surface area contributed by atoms with E-state index in [9.17, 15) is 4.79 Å². The maximum atomic E-state index is 13.0. The van der Waals surface area contributed by atoms with Gasteiger partial charge in [-0.3, -0.25) is 4.79 Å². The Morgan fingerprint density at radius 2 is 1.81 bits per heavy atom. The fourth-order valence-corrected chi connectivity index (χ4v) is 3.38. The van der Waals surface area contributed by atoms with E-state index in [2.05, 4.69) is 10.1 Å². The number of ether oxygens (including phenoxy) is 1. The lowest BCUT2D eigenvalue weighted by Crippen LogP contribution is -2.39. The summed E-state index contributed by atoms with van der Waals surface area (Å²) in [6.45, 7) is 4.17. The zero-order valence-corrected chi connectivity index (χ0v) is 17.9. The van der Waals surface area contributed by atoms with Crippen molar-refractivity contribution in [3.63, 3.8) is 0 Å². The first-order valence-electron chi connectivity index (χ1n) is 10.3. The summed E-state index contributed by atoms with van der Waals surface area (Å²) in [6.07, 6.45) is -0.0419. The molecule has 0 spiro atoms. The number of fused-ring (bicyclic) bond motifs is 1. The Bertz CT molecular complexity index is 1180. The highest BCUT2D eigenvalue weighted by atomic mass is 16.5. The lowest BCUT2D eigenvalue weighted by molar-refractivity contribution is -0.138. The Kier molecular flexibility index (Phi) is 5.98. The molecular formula is C25H25N3O3. The Balaban J connectivity index is 1.42. The summed E-state index contributed by atoms with van der Waals surface area (Å²) >= 11 is 0. The van der Waals surface area contributed by atoms with Gasteiger partial charge in [0.15, 0.2) is 6.10 Å². The second-order valence-corrected chi connectivity index (χ2v) is 7.60. The van der Waals surface area contributed by atoms with Crippen LogP contribution in [0.3, 0.4) is 0 Å². The molecular weight excluding hydrogens is 390 g/mol. The molecule has 158 valence electrons. The van der Waals surface area contributed by atoms with Gasteiger partial charge in [0, 0.05) is 12.6 Å². The number of carbonyl (C=O) groups excluding carboxylic acids is 1. The average Bonchev–Trinajstić information content (AvgIpc) is 3.25. The van der Waals surface area contributed by atoms with Crippen molar-refractivity contribution in [2.45, 2.75) is 32.9 Å². The van der Waals surface area contributed by atoms with Crippen LogP contribution in [0.1, 0.15) is 24.8 Å². The molecule has 6 heteroatoms. The van der Waals surface area contributed by atoms with Crippen molar-refractivity contribution in [1.82, 2.24) is 15.0 Å². The van der Waals surface area contributed by atoms with Crippen LogP contribution in [0.4, 0.5) is 0 Å². The quantitative estimate of drug-likeness (QED) is 0.424. The molecule has 1 heterocycles. The molecule has 4 aromatic rings. The lowest BCUT2D eigenvalue weighted by Gasteiger charge is -2.22. The number of hydrogen-bond donors (Lipinski definition) is 0. The minimum atomic E-state index is -0.592. The highest BCUT2D eigenvalue weighted by molar-refractivity contribution is 5.84. The number of aromatic nitrogens is 2. The van der Waals surface area contributed by atoms with Crippen molar-refractivity contribution < 1.29 is 14.1 Å². The minimum absolute atomic E-state index is 0.134. The molecule has 0 N–H and O–H groups in total. The Morgan fingerprint density at radius 1 is 1.06 bits per heavy atom. The van der Waals surface area contributed by atoms with Crippen LogP contribution in [0.15, 0.2) is 71.3 Å². The normalized spacial score (nSPS) is 12.0. The van der Waals surface area contributed by atoms with E-state index in [0.717, 1.165) is 21.9 Å². The molecule has 4 rings (SSSR count). The van der Waals surface area contributed by atoms with Gasteiger partial charge in [-0.25, -0.2) is 0 Å². The molecule has 0 aliphatic heterocycles. The van der Waals surface area contributed by atoms with E-state index in [1.807, 2.05) is 80.6 Å². The first kappa shape index (κ1) is 20.6. The maximum Gasteiger partial charge on any atom is 0.263 e. The molecule has 0 radical (unpaired) electrons. The highest BCUT2D eigenvalue weighted by Crippen LogP contribution is 2.23. The van der Waals surface area contributed by atoms with Gasteiger partial charge in [-0.15, -0.1) is 0 Å². The number of carbonyl (C=O) groups is 1. The smallest absolute Gasteiger partial charge is 0.263 e. The van der Waals surface area contributed by atoms with Gasteiger partial charge in [0.1, 0.15) is 5.75 Å². The minimum Gasteiger partial charge on any atom is -0.481 e. The van der Waals surface area contributed by atoms with Gasteiger partial charge < -0.3 is 14.2 Å². The largest absolute Gasteiger partial charge is 0.481 e. The van der Waals surface area contributed by atoms with Crippen molar-refractivity contribution in [2.24, 2.45) is 0 Å². The summed E-state index contributed by atoms with van der Waals surface area (Å²) in [5, 5.41) is 6.24. The summed E-state index contributed by atoms with van der Waals surface area (Å²) < 4.78 is 11.4. The van der Waals surface area contributed by atoms with Crippen LogP contribution < -0.4 is 4.74 Å². The van der Waals surface area contributed by atoms with E-state index in [0.29, 0.717) is 23.9 Å². The number of amides is 1. The van der Waals surface area contributed by atoms with Gasteiger partial charge in [-0.05, 0) is 36.2 Å². The summed E-state index contributed by atoms with van der Waals surface area (Å²) in [5.41, 5.74) is 2.04. The van der Waals surface area contributed by atoms with Crippen LogP contribution in [0.25, 0.3) is 22.2 Å². The molecule has 0 aliphatic rings. The third kappa shape index (κ3) is 4.74. The van der Waals surface area contributed by atoms with Gasteiger partial charge in [0.05, 0.1) is 6.54 Å². The van der Waals surface area contributed by atoms with E-state index in [1.165, 1.54) is 0 Å². The van der Waals surface area contributed by atoms with E-state index in [1.54, 1.807) is 11.9 Å². The highest BCUT2D eigenvalue weighted by Gasteiger charge is 2.24. The second kappa shape index (κ2) is 9.00. The van der Waals surface area contributed by atoms with Crippen molar-refractivity contribution >= 4 is 16.7 Å². The predicted octanol–water partition coefficient (Wildman–Crippen LogP) is 5.01. The molecule has 6 nitrogen and oxygen atoms in total. The second-order valence-electron chi connectivity index (χ2n) is 7.60. The first-order chi connectivity index (χ1) is 15.0. The fraction of sp³-hybridized carbons (Fsp3) is 0.240. The van der Waals surface area contributed by atoms with Crippen LogP contribution in [-0.2, 0) is 11.3 Å². The summed E-state index contributed by atoms with van der Waals surface area (Å²) in [6, 6.07) is 21.8. The third-order valence-electron chi connectivity index (χ3n) is 5.17. The fourth-order valence-electron chi connectivity index (χ4n) is 3.38. The number of benzene rings is 3. The van der Waals surface area contributed by atoms with Crippen LogP contribution in [0.2, 0.25) is 0 Å².